The van der Waals surface area contributed by atoms with E-state index in [1.165, 1.54) is 11.1 Å². The Morgan fingerprint density at radius 1 is 1.08 bits per heavy atom. The lowest BCUT2D eigenvalue weighted by Gasteiger charge is -2.07. The van der Waals surface area contributed by atoms with Crippen molar-refractivity contribution in [1.29, 1.82) is 0 Å². The maximum absolute atomic E-state index is 12.3. The maximum Gasteiger partial charge on any atom is 0.311 e. The summed E-state index contributed by atoms with van der Waals surface area (Å²) in [4.78, 5) is 12.3. The number of nitrogens with zero attached hydrogens (tertiary/aromatic N) is 1. The quantitative estimate of drug-likeness (QED) is 0.720. The molecule has 0 saturated heterocycles. The van der Waals surface area contributed by atoms with E-state index in [1.807, 2.05) is 47.3 Å². The first-order chi connectivity index (χ1) is 11.2. The molecule has 0 unspecified atom stereocenters. The second-order valence-corrected chi connectivity index (χ2v) is 8.24. The summed E-state index contributed by atoms with van der Waals surface area (Å²) < 4.78 is 7.42. The normalized spacial score (nSPS) is 18.4. The predicted molar refractivity (Wildman–Crippen MR) is 95.8 cm³/mol. The van der Waals surface area contributed by atoms with Gasteiger partial charge in [0.25, 0.3) is 0 Å². The summed E-state index contributed by atoms with van der Waals surface area (Å²) in [6.45, 7) is 8.76. The van der Waals surface area contributed by atoms with Crippen LogP contribution in [0, 0.1) is 16.7 Å². The van der Waals surface area contributed by atoms with Gasteiger partial charge in [0.2, 0.25) is 0 Å². The average molecular weight is 346 g/mol. The number of rotatable bonds is 5. The third-order valence-corrected chi connectivity index (χ3v) is 6.00. The fourth-order valence-electron chi connectivity index (χ4n) is 3.52. The molecule has 0 amide bonds. The molecule has 128 valence electrons. The molecule has 1 aliphatic rings. The first kappa shape index (κ1) is 17.1. The smallest absolute Gasteiger partial charge is 0.311 e. The summed E-state index contributed by atoms with van der Waals surface area (Å²) in [6.07, 6.45) is 4.80. The van der Waals surface area contributed by atoms with Gasteiger partial charge in [-0.2, -0.15) is 0 Å². The number of carbonyl (C=O) groups is 1. The van der Waals surface area contributed by atoms with Gasteiger partial charge in [0.05, 0.1) is 5.92 Å². The number of benzene rings is 1. The highest BCUT2D eigenvalue weighted by molar-refractivity contribution is 6.30. The number of esters is 1. The molecule has 24 heavy (non-hydrogen) atoms. The van der Waals surface area contributed by atoms with Crippen molar-refractivity contribution in [3.8, 4) is 0 Å². The Balaban J connectivity index is 1.55. The monoisotopic (exact) mass is 345 g/mol. The van der Waals surface area contributed by atoms with Crippen LogP contribution < -0.4 is 0 Å². The van der Waals surface area contributed by atoms with Crippen LogP contribution in [-0.4, -0.2) is 10.5 Å². The number of halogens is 1. The Labute approximate surface area is 148 Å². The molecular formula is C20H24ClNO2. The maximum atomic E-state index is 12.3. The van der Waals surface area contributed by atoms with Crippen molar-refractivity contribution in [3.05, 3.63) is 58.9 Å². The lowest BCUT2D eigenvalue weighted by molar-refractivity contribution is -0.150. The Hall–Kier alpha value is -1.74. The Kier molecular flexibility index (Phi) is 4.25. The first-order valence-corrected chi connectivity index (χ1v) is 8.65. The van der Waals surface area contributed by atoms with Crippen LogP contribution in [-0.2, 0) is 22.7 Å². The summed E-state index contributed by atoms with van der Waals surface area (Å²) in [5.74, 6) is -0.118. The van der Waals surface area contributed by atoms with Crippen molar-refractivity contribution in [2.45, 2.75) is 40.8 Å². The zero-order valence-electron chi connectivity index (χ0n) is 14.7. The van der Waals surface area contributed by atoms with Gasteiger partial charge in [-0.15, -0.1) is 0 Å². The van der Waals surface area contributed by atoms with Crippen molar-refractivity contribution in [1.82, 2.24) is 4.57 Å². The van der Waals surface area contributed by atoms with Crippen LogP contribution >= 0.6 is 11.6 Å². The van der Waals surface area contributed by atoms with Crippen LogP contribution in [0.5, 0.6) is 0 Å². The molecule has 1 aromatic carbocycles. The van der Waals surface area contributed by atoms with E-state index in [2.05, 4.69) is 27.7 Å². The minimum absolute atomic E-state index is 0.0144. The third-order valence-electron chi connectivity index (χ3n) is 5.75. The van der Waals surface area contributed by atoms with E-state index in [1.54, 1.807) is 0 Å². The number of hydrogen-bond donors (Lipinski definition) is 0. The van der Waals surface area contributed by atoms with Crippen molar-refractivity contribution in [2.75, 3.05) is 0 Å². The van der Waals surface area contributed by atoms with Gasteiger partial charge in [-0.1, -0.05) is 51.4 Å². The summed E-state index contributed by atoms with van der Waals surface area (Å²) in [5.41, 5.74) is 2.41. The molecule has 0 N–H and O–H groups in total. The molecule has 1 saturated carbocycles. The third kappa shape index (κ3) is 3.10. The first-order valence-electron chi connectivity index (χ1n) is 8.27. The highest BCUT2D eigenvalue weighted by Gasteiger charge is 2.69. The fraction of sp³-hybridized carbons (Fsp3) is 0.450. The van der Waals surface area contributed by atoms with E-state index in [-0.39, 0.29) is 29.4 Å². The van der Waals surface area contributed by atoms with Gasteiger partial charge in [0, 0.05) is 17.4 Å². The van der Waals surface area contributed by atoms with E-state index in [0.29, 0.717) is 0 Å². The number of carbonyl (C=O) groups excluding carboxylic acids is 1. The van der Waals surface area contributed by atoms with Gasteiger partial charge in [0.15, 0.2) is 6.73 Å². The number of ether oxygens (including phenoxy) is 1. The van der Waals surface area contributed by atoms with Crippen LogP contribution in [0.25, 0.3) is 0 Å². The van der Waals surface area contributed by atoms with E-state index < -0.39 is 0 Å². The van der Waals surface area contributed by atoms with Gasteiger partial charge < -0.3 is 9.30 Å². The molecule has 3 nitrogen and oxygen atoms in total. The SMILES string of the molecule is CC1(C)C(C(=O)OCn2ccc(Cc3ccc(Cl)cc3)c2)C1(C)C. The molecule has 1 heterocycles. The molecular weight excluding hydrogens is 322 g/mol. The standard InChI is InChI=1S/C20H24ClNO2/c1-19(2)17(20(19,3)4)18(23)24-13-22-10-9-15(12-22)11-14-5-7-16(21)8-6-14/h5-10,12,17H,11,13H2,1-4H3. The van der Waals surface area contributed by atoms with E-state index in [4.69, 9.17) is 16.3 Å². The summed E-state index contributed by atoms with van der Waals surface area (Å²) in [7, 11) is 0. The van der Waals surface area contributed by atoms with E-state index >= 15 is 0 Å². The Bertz CT molecular complexity index is 729. The molecule has 0 radical (unpaired) electrons. The lowest BCUT2D eigenvalue weighted by atomic mass is 10.0. The van der Waals surface area contributed by atoms with E-state index in [9.17, 15) is 4.79 Å². The molecule has 0 atom stereocenters. The molecule has 2 aromatic rings. The Morgan fingerprint density at radius 3 is 2.29 bits per heavy atom. The highest BCUT2D eigenvalue weighted by Crippen LogP contribution is 2.68. The average Bonchev–Trinajstić information content (AvgIpc) is 2.81. The molecule has 1 fully saturated rings. The predicted octanol–water partition coefficient (Wildman–Crippen LogP) is 4.92. The van der Waals surface area contributed by atoms with Crippen molar-refractivity contribution in [2.24, 2.45) is 16.7 Å². The van der Waals surface area contributed by atoms with Gasteiger partial charge in [0.1, 0.15) is 0 Å². The zero-order chi connectivity index (χ0) is 17.5. The van der Waals surface area contributed by atoms with Crippen LogP contribution in [0.2, 0.25) is 5.02 Å². The molecule has 1 aromatic heterocycles. The minimum atomic E-state index is -0.0991. The summed E-state index contributed by atoms with van der Waals surface area (Å²) >= 11 is 5.91. The largest absolute Gasteiger partial charge is 0.444 e. The molecule has 0 bridgehead atoms. The summed E-state index contributed by atoms with van der Waals surface area (Å²) in [6, 6.07) is 9.89. The van der Waals surface area contributed by atoms with Crippen molar-refractivity contribution < 1.29 is 9.53 Å². The molecule has 4 heteroatoms. The molecule has 0 spiro atoms. The molecule has 0 aliphatic heterocycles. The van der Waals surface area contributed by atoms with Crippen LogP contribution in [0.15, 0.2) is 42.7 Å². The Morgan fingerprint density at radius 2 is 1.71 bits per heavy atom. The van der Waals surface area contributed by atoms with Gasteiger partial charge >= 0.3 is 5.97 Å². The lowest BCUT2D eigenvalue weighted by Crippen LogP contribution is -2.13. The number of hydrogen-bond acceptors (Lipinski definition) is 2. The van der Waals surface area contributed by atoms with Crippen molar-refractivity contribution >= 4 is 17.6 Å². The fourth-order valence-corrected chi connectivity index (χ4v) is 3.65. The van der Waals surface area contributed by atoms with Crippen LogP contribution in [0.1, 0.15) is 38.8 Å². The summed E-state index contributed by atoms with van der Waals surface area (Å²) in [5, 5.41) is 0.745. The van der Waals surface area contributed by atoms with Crippen molar-refractivity contribution in [3.63, 3.8) is 0 Å². The van der Waals surface area contributed by atoms with E-state index in [0.717, 1.165) is 11.4 Å². The van der Waals surface area contributed by atoms with Gasteiger partial charge in [-0.05, 0) is 46.6 Å². The topological polar surface area (TPSA) is 31.2 Å². The van der Waals surface area contributed by atoms with Gasteiger partial charge in [-0.3, -0.25) is 4.79 Å². The van der Waals surface area contributed by atoms with Gasteiger partial charge in [-0.25, -0.2) is 0 Å². The minimum Gasteiger partial charge on any atom is -0.444 e. The second-order valence-electron chi connectivity index (χ2n) is 7.81. The van der Waals surface area contributed by atoms with Crippen LogP contribution in [0.3, 0.4) is 0 Å². The highest BCUT2D eigenvalue weighted by atomic mass is 35.5. The second kappa shape index (κ2) is 5.96. The molecule has 3 rings (SSSR count). The van der Waals surface area contributed by atoms with Crippen LogP contribution in [0.4, 0.5) is 0 Å². The number of aromatic nitrogens is 1. The zero-order valence-corrected chi connectivity index (χ0v) is 15.4. The molecule has 1 aliphatic carbocycles.